The predicted molar refractivity (Wildman–Crippen MR) is 81.2 cm³/mol. The Bertz CT molecular complexity index is 702. The van der Waals surface area contributed by atoms with Crippen molar-refractivity contribution in [1.82, 2.24) is 14.5 Å². The number of imidazole rings is 1. The average Bonchev–Trinajstić information content (AvgIpc) is 3.14. The zero-order valence-electron chi connectivity index (χ0n) is 12.6. The fourth-order valence-electron chi connectivity index (χ4n) is 2.77. The van der Waals surface area contributed by atoms with Gasteiger partial charge in [-0.25, -0.2) is 4.98 Å². The smallest absolute Gasteiger partial charge is 0.326 e. The second-order valence-electron chi connectivity index (χ2n) is 5.48. The van der Waals surface area contributed by atoms with E-state index in [1.165, 1.54) is 0 Å². The first kappa shape index (κ1) is 14.6. The first-order valence-electron chi connectivity index (χ1n) is 7.50. The summed E-state index contributed by atoms with van der Waals surface area (Å²) in [5, 5.41) is 0. The first-order chi connectivity index (χ1) is 10.6. The SMILES string of the molecule is Cc1nc2ccccc2n1CC(=O)OCC(=O)N1CCCC1. The number of nitrogens with zero attached hydrogens (tertiary/aromatic N) is 3. The van der Waals surface area contributed by atoms with E-state index in [-0.39, 0.29) is 19.1 Å². The molecule has 1 fully saturated rings. The van der Waals surface area contributed by atoms with Crippen LogP contribution in [-0.4, -0.2) is 46.0 Å². The van der Waals surface area contributed by atoms with Crippen molar-refractivity contribution in [2.45, 2.75) is 26.3 Å². The Morgan fingerprint density at radius 3 is 2.73 bits per heavy atom. The molecule has 1 aromatic heterocycles. The van der Waals surface area contributed by atoms with Gasteiger partial charge < -0.3 is 14.2 Å². The fourth-order valence-corrected chi connectivity index (χ4v) is 2.77. The largest absolute Gasteiger partial charge is 0.454 e. The van der Waals surface area contributed by atoms with Crippen LogP contribution in [-0.2, 0) is 20.9 Å². The lowest BCUT2D eigenvalue weighted by atomic mass is 10.3. The lowest BCUT2D eigenvalue weighted by Gasteiger charge is -2.15. The molecule has 1 amide bonds. The van der Waals surface area contributed by atoms with Crippen LogP contribution in [0.3, 0.4) is 0 Å². The standard InChI is InChI=1S/C16H19N3O3/c1-12-17-13-6-2-3-7-14(13)19(12)10-16(21)22-11-15(20)18-8-4-5-9-18/h2-3,6-7H,4-5,8-11H2,1H3. The van der Waals surface area contributed by atoms with Crippen LogP contribution in [0.2, 0.25) is 0 Å². The molecule has 0 radical (unpaired) electrons. The molecule has 0 aliphatic carbocycles. The highest BCUT2D eigenvalue weighted by Gasteiger charge is 2.19. The second-order valence-corrected chi connectivity index (χ2v) is 5.48. The van der Waals surface area contributed by atoms with E-state index in [4.69, 9.17) is 4.74 Å². The van der Waals surface area contributed by atoms with Crippen molar-refractivity contribution < 1.29 is 14.3 Å². The number of likely N-dealkylation sites (tertiary alicyclic amines) is 1. The minimum absolute atomic E-state index is 0.0691. The number of aryl methyl sites for hydroxylation is 1. The van der Waals surface area contributed by atoms with Crippen LogP contribution < -0.4 is 0 Å². The van der Waals surface area contributed by atoms with Crippen molar-refractivity contribution in [1.29, 1.82) is 0 Å². The fraction of sp³-hybridized carbons (Fsp3) is 0.438. The number of aromatic nitrogens is 2. The number of fused-ring (bicyclic) bond motifs is 1. The van der Waals surface area contributed by atoms with Crippen LogP contribution in [0.25, 0.3) is 11.0 Å². The highest BCUT2D eigenvalue weighted by molar-refractivity contribution is 5.82. The van der Waals surface area contributed by atoms with Crippen LogP contribution in [0.15, 0.2) is 24.3 Å². The summed E-state index contributed by atoms with van der Waals surface area (Å²) in [4.78, 5) is 30.0. The van der Waals surface area contributed by atoms with Gasteiger partial charge in [0.25, 0.3) is 5.91 Å². The Kier molecular flexibility index (Phi) is 4.09. The van der Waals surface area contributed by atoms with E-state index in [0.717, 1.165) is 42.8 Å². The lowest BCUT2D eigenvalue weighted by molar-refractivity contribution is -0.152. The predicted octanol–water partition coefficient (Wildman–Crippen LogP) is 1.51. The van der Waals surface area contributed by atoms with Crippen LogP contribution in [0.1, 0.15) is 18.7 Å². The van der Waals surface area contributed by atoms with Crippen molar-refractivity contribution >= 4 is 22.9 Å². The molecule has 116 valence electrons. The molecule has 6 nitrogen and oxygen atoms in total. The molecule has 0 N–H and O–H groups in total. The van der Waals surface area contributed by atoms with Gasteiger partial charge in [-0.15, -0.1) is 0 Å². The van der Waals surface area contributed by atoms with Crippen molar-refractivity contribution in [3.63, 3.8) is 0 Å². The molecule has 2 heterocycles. The molecule has 22 heavy (non-hydrogen) atoms. The number of esters is 1. The van der Waals surface area contributed by atoms with E-state index in [1.54, 1.807) is 9.47 Å². The monoisotopic (exact) mass is 301 g/mol. The van der Waals surface area contributed by atoms with Gasteiger partial charge in [0.1, 0.15) is 12.4 Å². The molecule has 1 aromatic carbocycles. The Hall–Kier alpha value is -2.37. The highest BCUT2D eigenvalue weighted by Crippen LogP contribution is 2.15. The molecule has 0 spiro atoms. The molecule has 1 aliphatic heterocycles. The molecular formula is C16H19N3O3. The zero-order valence-corrected chi connectivity index (χ0v) is 12.6. The summed E-state index contributed by atoms with van der Waals surface area (Å²) in [5.41, 5.74) is 1.74. The Morgan fingerprint density at radius 2 is 1.95 bits per heavy atom. The van der Waals surface area contributed by atoms with Gasteiger partial charge in [-0.05, 0) is 31.9 Å². The van der Waals surface area contributed by atoms with Gasteiger partial charge in [0.15, 0.2) is 6.61 Å². The van der Waals surface area contributed by atoms with E-state index in [1.807, 2.05) is 31.2 Å². The van der Waals surface area contributed by atoms with E-state index < -0.39 is 5.97 Å². The minimum atomic E-state index is -0.418. The van der Waals surface area contributed by atoms with E-state index >= 15 is 0 Å². The molecule has 0 atom stereocenters. The van der Waals surface area contributed by atoms with E-state index in [0.29, 0.717) is 0 Å². The van der Waals surface area contributed by atoms with Gasteiger partial charge in [0.05, 0.1) is 11.0 Å². The third-order valence-corrected chi connectivity index (χ3v) is 3.95. The van der Waals surface area contributed by atoms with Gasteiger partial charge in [0.2, 0.25) is 0 Å². The molecule has 1 aliphatic rings. The van der Waals surface area contributed by atoms with Crippen molar-refractivity contribution in [3.05, 3.63) is 30.1 Å². The Morgan fingerprint density at radius 1 is 1.23 bits per heavy atom. The third kappa shape index (κ3) is 2.95. The minimum Gasteiger partial charge on any atom is -0.454 e. The molecule has 6 heteroatoms. The summed E-state index contributed by atoms with van der Waals surface area (Å²) in [5.74, 6) is 0.223. The number of carbonyl (C=O) groups excluding carboxylic acids is 2. The normalized spacial score (nSPS) is 14.5. The van der Waals surface area contributed by atoms with Gasteiger partial charge in [-0.1, -0.05) is 12.1 Å². The first-order valence-corrected chi connectivity index (χ1v) is 7.50. The molecule has 0 bridgehead atoms. The van der Waals surface area contributed by atoms with Gasteiger partial charge in [-0.3, -0.25) is 9.59 Å². The summed E-state index contributed by atoms with van der Waals surface area (Å²) in [7, 11) is 0. The average molecular weight is 301 g/mol. The van der Waals surface area contributed by atoms with Crippen LogP contribution in [0.5, 0.6) is 0 Å². The number of hydrogen-bond acceptors (Lipinski definition) is 4. The number of hydrogen-bond donors (Lipinski definition) is 0. The van der Waals surface area contributed by atoms with Crippen molar-refractivity contribution in [2.24, 2.45) is 0 Å². The maximum atomic E-state index is 12.0. The summed E-state index contributed by atoms with van der Waals surface area (Å²) >= 11 is 0. The zero-order chi connectivity index (χ0) is 15.5. The van der Waals surface area contributed by atoms with E-state index in [2.05, 4.69) is 4.98 Å². The number of ether oxygens (including phenoxy) is 1. The molecule has 2 aromatic rings. The number of benzene rings is 1. The number of carbonyl (C=O) groups is 2. The summed E-state index contributed by atoms with van der Waals surface area (Å²) in [6, 6.07) is 7.63. The number of rotatable bonds is 4. The molecule has 3 rings (SSSR count). The van der Waals surface area contributed by atoms with Gasteiger partial charge in [0, 0.05) is 13.1 Å². The molecule has 0 saturated carbocycles. The lowest BCUT2D eigenvalue weighted by Crippen LogP contribution is -2.32. The van der Waals surface area contributed by atoms with Crippen LogP contribution >= 0.6 is 0 Å². The highest BCUT2D eigenvalue weighted by atomic mass is 16.5. The van der Waals surface area contributed by atoms with Gasteiger partial charge in [-0.2, -0.15) is 0 Å². The maximum Gasteiger partial charge on any atom is 0.326 e. The van der Waals surface area contributed by atoms with Crippen molar-refractivity contribution in [2.75, 3.05) is 19.7 Å². The van der Waals surface area contributed by atoms with Crippen LogP contribution in [0.4, 0.5) is 0 Å². The van der Waals surface area contributed by atoms with Crippen LogP contribution in [0, 0.1) is 6.92 Å². The summed E-state index contributed by atoms with van der Waals surface area (Å²) in [6.07, 6.45) is 2.06. The summed E-state index contributed by atoms with van der Waals surface area (Å²) in [6.45, 7) is 3.27. The van der Waals surface area contributed by atoms with Gasteiger partial charge >= 0.3 is 5.97 Å². The van der Waals surface area contributed by atoms with Crippen molar-refractivity contribution in [3.8, 4) is 0 Å². The quantitative estimate of drug-likeness (QED) is 0.803. The molecular weight excluding hydrogens is 282 g/mol. The Labute approximate surface area is 128 Å². The molecule has 0 unspecified atom stereocenters. The second kappa shape index (κ2) is 6.17. The molecule has 1 saturated heterocycles. The number of para-hydroxylation sites is 2. The number of amides is 1. The third-order valence-electron chi connectivity index (χ3n) is 3.95. The topological polar surface area (TPSA) is 64.4 Å². The maximum absolute atomic E-state index is 12.0. The van der Waals surface area contributed by atoms with E-state index in [9.17, 15) is 9.59 Å². The Balaban J connectivity index is 1.61. The summed E-state index contributed by atoms with van der Waals surface area (Å²) < 4.78 is 6.92.